The molecule has 0 heterocycles. The van der Waals surface area contributed by atoms with Crippen molar-refractivity contribution in [3.8, 4) is 0 Å². The lowest BCUT2D eigenvalue weighted by atomic mass is 10.2. The highest BCUT2D eigenvalue weighted by molar-refractivity contribution is 7.52. The van der Waals surface area contributed by atoms with E-state index in [1.807, 2.05) is 5.32 Å². The van der Waals surface area contributed by atoms with Crippen LogP contribution in [0.1, 0.15) is 19.8 Å². The van der Waals surface area contributed by atoms with Crippen LogP contribution >= 0.6 is 7.60 Å². The molecular formula is C10H19N2O8P. The minimum Gasteiger partial charge on any atom is -0.480 e. The molecule has 0 rings (SSSR count). The predicted molar refractivity (Wildman–Crippen MR) is 70.7 cm³/mol. The molecule has 0 saturated carbocycles. The van der Waals surface area contributed by atoms with E-state index in [4.69, 9.17) is 20.5 Å². The largest absolute Gasteiger partial charge is 0.480 e. The summed E-state index contributed by atoms with van der Waals surface area (Å²) >= 11 is 0. The first-order chi connectivity index (χ1) is 9.59. The number of amides is 1. The predicted octanol–water partition coefficient (Wildman–Crippen LogP) is -1.03. The van der Waals surface area contributed by atoms with Crippen molar-refractivity contribution in [3.05, 3.63) is 0 Å². The first-order valence-electron chi connectivity index (χ1n) is 6.07. The molecule has 0 aromatic heterocycles. The van der Waals surface area contributed by atoms with Crippen molar-refractivity contribution in [3.63, 3.8) is 0 Å². The number of hydrogen-bond acceptors (Lipinski definition) is 6. The highest BCUT2D eigenvalue weighted by atomic mass is 31.2. The molecule has 1 unspecified atom stereocenters. The molecule has 1 amide bonds. The summed E-state index contributed by atoms with van der Waals surface area (Å²) in [7, 11) is -4.21. The molecule has 0 spiro atoms. The van der Waals surface area contributed by atoms with Gasteiger partial charge in [0.25, 0.3) is 0 Å². The summed E-state index contributed by atoms with van der Waals surface area (Å²) in [6.45, 7) is 0.867. The van der Waals surface area contributed by atoms with Crippen LogP contribution in [0.15, 0.2) is 0 Å². The maximum absolute atomic E-state index is 11.7. The molecule has 122 valence electrons. The second kappa shape index (κ2) is 8.73. The fourth-order valence-electron chi connectivity index (χ4n) is 1.26. The summed E-state index contributed by atoms with van der Waals surface area (Å²) in [5, 5.41) is 19.0. The number of carboxylic acids is 2. The third-order valence-corrected chi connectivity index (χ3v) is 3.82. The van der Waals surface area contributed by atoms with Crippen molar-refractivity contribution >= 4 is 25.4 Å². The van der Waals surface area contributed by atoms with Gasteiger partial charge < -0.3 is 26.2 Å². The average Bonchev–Trinajstić information content (AvgIpc) is 2.39. The number of carbonyl (C=O) groups excluding carboxylic acids is 1. The normalized spacial score (nSPS) is 16.5. The lowest BCUT2D eigenvalue weighted by Gasteiger charge is -2.19. The van der Waals surface area contributed by atoms with E-state index in [-0.39, 0.29) is 12.8 Å². The number of aliphatic carboxylic acids is 2. The minimum absolute atomic E-state index is 0.0426. The van der Waals surface area contributed by atoms with Gasteiger partial charge in [0.15, 0.2) is 0 Å². The van der Waals surface area contributed by atoms with Gasteiger partial charge in [-0.1, -0.05) is 6.92 Å². The molecule has 10 nitrogen and oxygen atoms in total. The summed E-state index contributed by atoms with van der Waals surface area (Å²) in [5.41, 5.74) is 5.20. The maximum Gasteiger partial charge on any atom is 0.328 e. The van der Waals surface area contributed by atoms with Crippen LogP contribution < -0.4 is 11.1 Å². The van der Waals surface area contributed by atoms with E-state index in [0.717, 1.165) is 0 Å². The zero-order valence-electron chi connectivity index (χ0n) is 11.4. The molecule has 0 aliphatic heterocycles. The van der Waals surface area contributed by atoms with Crippen LogP contribution in [-0.4, -0.2) is 57.8 Å². The zero-order chi connectivity index (χ0) is 16.6. The fraction of sp³-hybridized carbons (Fsp3) is 0.700. The van der Waals surface area contributed by atoms with E-state index >= 15 is 0 Å². The molecule has 0 fully saturated rings. The lowest BCUT2D eigenvalue weighted by molar-refractivity contribution is -0.139. The van der Waals surface area contributed by atoms with Gasteiger partial charge in [0.1, 0.15) is 18.7 Å². The Morgan fingerprint density at radius 1 is 1.33 bits per heavy atom. The van der Waals surface area contributed by atoms with Gasteiger partial charge in [-0.15, -0.1) is 0 Å². The van der Waals surface area contributed by atoms with Crippen LogP contribution in [0.4, 0.5) is 0 Å². The molecular weight excluding hydrogens is 307 g/mol. The molecule has 0 bridgehead atoms. The Morgan fingerprint density at radius 3 is 2.33 bits per heavy atom. The molecule has 0 saturated heterocycles. The molecule has 11 heteroatoms. The van der Waals surface area contributed by atoms with Crippen LogP contribution in [0, 0.1) is 0 Å². The van der Waals surface area contributed by atoms with Crippen LogP contribution in [0.5, 0.6) is 0 Å². The summed E-state index contributed by atoms with van der Waals surface area (Å²) in [6, 6.07) is -1.31. The molecule has 0 aromatic carbocycles. The molecule has 6 N–H and O–H groups in total. The first-order valence-corrected chi connectivity index (χ1v) is 7.83. The Hall–Kier alpha value is -1.48. The fourth-order valence-corrected chi connectivity index (χ4v) is 2.61. The topological polar surface area (TPSA) is 176 Å². The SMILES string of the molecule is CC[C@@H](OP(=O)(O)CC[C@H](N)C(=O)O)C(=O)NCC(=O)O. The van der Waals surface area contributed by atoms with Gasteiger partial charge in [0.2, 0.25) is 5.91 Å². The maximum atomic E-state index is 11.7. The Bertz CT molecular complexity index is 441. The van der Waals surface area contributed by atoms with Crippen LogP contribution in [0.3, 0.4) is 0 Å². The zero-order valence-corrected chi connectivity index (χ0v) is 12.3. The van der Waals surface area contributed by atoms with E-state index in [2.05, 4.69) is 0 Å². The van der Waals surface area contributed by atoms with Crippen molar-refractivity contribution in [1.29, 1.82) is 0 Å². The average molecular weight is 326 g/mol. The molecule has 21 heavy (non-hydrogen) atoms. The smallest absolute Gasteiger partial charge is 0.328 e. The third-order valence-electron chi connectivity index (χ3n) is 2.41. The number of rotatable bonds is 10. The molecule has 3 atom stereocenters. The highest BCUT2D eigenvalue weighted by Crippen LogP contribution is 2.44. The summed E-state index contributed by atoms with van der Waals surface area (Å²) < 4.78 is 16.5. The van der Waals surface area contributed by atoms with Gasteiger partial charge in [-0.2, -0.15) is 0 Å². The van der Waals surface area contributed by atoms with Crippen molar-refractivity contribution in [2.75, 3.05) is 12.7 Å². The van der Waals surface area contributed by atoms with Crippen molar-refractivity contribution in [1.82, 2.24) is 5.32 Å². The third kappa shape index (κ3) is 8.41. The second-order valence-electron chi connectivity index (χ2n) is 4.21. The van der Waals surface area contributed by atoms with E-state index in [1.54, 1.807) is 0 Å². The van der Waals surface area contributed by atoms with Gasteiger partial charge in [0, 0.05) is 0 Å². The number of carbonyl (C=O) groups is 3. The van der Waals surface area contributed by atoms with Gasteiger partial charge in [-0.25, -0.2) is 0 Å². The van der Waals surface area contributed by atoms with E-state index < -0.39 is 50.3 Å². The summed E-state index contributed by atoms with van der Waals surface area (Å²) in [5.74, 6) is -3.42. The molecule has 0 aliphatic carbocycles. The Kier molecular flexibility index (Phi) is 8.11. The molecule has 0 aliphatic rings. The van der Waals surface area contributed by atoms with Gasteiger partial charge >= 0.3 is 19.5 Å². The minimum atomic E-state index is -4.21. The van der Waals surface area contributed by atoms with Crippen LogP contribution in [0.25, 0.3) is 0 Å². The molecule has 0 radical (unpaired) electrons. The number of nitrogens with two attached hydrogens (primary N) is 1. The summed E-state index contributed by atoms with van der Waals surface area (Å²) in [4.78, 5) is 41.9. The van der Waals surface area contributed by atoms with Crippen molar-refractivity contribution in [2.24, 2.45) is 5.73 Å². The van der Waals surface area contributed by atoms with E-state index in [9.17, 15) is 23.8 Å². The Morgan fingerprint density at radius 2 is 1.90 bits per heavy atom. The van der Waals surface area contributed by atoms with Crippen molar-refractivity contribution in [2.45, 2.75) is 31.9 Å². The standard InChI is InChI=1S/C10H19N2O8P/c1-2-7(9(15)12-5-8(13)14)20-21(18,19)4-3-6(11)10(16)17/h6-7H,2-5,11H2,1H3,(H,12,15)(H,13,14)(H,16,17)(H,18,19)/t6-,7+/m0/s1. The van der Waals surface area contributed by atoms with Crippen molar-refractivity contribution < 1.29 is 38.6 Å². The number of nitrogens with one attached hydrogen (secondary N) is 1. The van der Waals surface area contributed by atoms with Gasteiger partial charge in [-0.05, 0) is 12.8 Å². The quantitative estimate of drug-likeness (QED) is 0.314. The second-order valence-corrected chi connectivity index (χ2v) is 6.14. The highest BCUT2D eigenvalue weighted by Gasteiger charge is 2.30. The number of carboxylic acid groups (broad SMARTS) is 2. The monoisotopic (exact) mass is 326 g/mol. The van der Waals surface area contributed by atoms with E-state index in [1.165, 1.54) is 6.92 Å². The van der Waals surface area contributed by atoms with Gasteiger partial charge in [-0.3, -0.25) is 23.5 Å². The lowest BCUT2D eigenvalue weighted by Crippen LogP contribution is -2.38. The van der Waals surface area contributed by atoms with E-state index in [0.29, 0.717) is 0 Å². The summed E-state index contributed by atoms with van der Waals surface area (Å²) in [6.07, 6.45) is -2.08. The Balaban J connectivity index is 4.50. The Labute approximate surface area is 120 Å². The van der Waals surface area contributed by atoms with Crippen LogP contribution in [-0.2, 0) is 23.5 Å². The first kappa shape index (κ1) is 19.5. The van der Waals surface area contributed by atoms with Crippen LogP contribution in [0.2, 0.25) is 0 Å². The van der Waals surface area contributed by atoms with Gasteiger partial charge in [0.05, 0.1) is 6.16 Å². The molecule has 0 aromatic rings. The number of hydrogen-bond donors (Lipinski definition) is 5.